The van der Waals surface area contributed by atoms with Gasteiger partial charge < -0.3 is 0 Å². The van der Waals surface area contributed by atoms with E-state index in [1.165, 1.54) is 0 Å². The van der Waals surface area contributed by atoms with E-state index in [0.29, 0.717) is 9.63 Å². The quantitative estimate of drug-likeness (QED) is 0.708. The van der Waals surface area contributed by atoms with Crippen LogP contribution in [-0.4, -0.2) is 4.98 Å². The molecule has 1 heterocycles. The Kier molecular flexibility index (Phi) is 2.85. The van der Waals surface area contributed by atoms with Gasteiger partial charge in [0.2, 0.25) is 0 Å². The molecular formula is C11H7BrClN. The maximum absolute atomic E-state index is 5.86. The van der Waals surface area contributed by atoms with Crippen LogP contribution >= 0.6 is 27.5 Å². The van der Waals surface area contributed by atoms with Crippen molar-refractivity contribution in [2.45, 2.75) is 0 Å². The van der Waals surface area contributed by atoms with Crippen LogP contribution in [0.4, 0.5) is 0 Å². The molecule has 2 rings (SSSR count). The van der Waals surface area contributed by atoms with Gasteiger partial charge in [0, 0.05) is 5.56 Å². The van der Waals surface area contributed by atoms with Crippen LogP contribution in [0.25, 0.3) is 11.3 Å². The molecule has 70 valence electrons. The summed E-state index contributed by atoms with van der Waals surface area (Å²) in [6.45, 7) is 0. The predicted molar refractivity (Wildman–Crippen MR) is 62.4 cm³/mol. The summed E-state index contributed by atoms with van der Waals surface area (Å²) in [5, 5.41) is 0.629. The molecule has 2 aromatic rings. The first kappa shape index (κ1) is 9.69. The zero-order valence-electron chi connectivity index (χ0n) is 7.24. The molecule has 0 radical (unpaired) electrons. The van der Waals surface area contributed by atoms with E-state index in [0.717, 1.165) is 11.3 Å². The van der Waals surface area contributed by atoms with Crippen molar-refractivity contribution in [2.24, 2.45) is 0 Å². The molecular weight excluding hydrogens is 261 g/mol. The Morgan fingerprint density at radius 3 is 2.36 bits per heavy atom. The minimum absolute atomic E-state index is 0.629. The standard InChI is InChI=1S/C11H7BrClN/c12-11-9(13)6-7-10(14-11)8-4-2-1-3-5-8/h1-7H. The SMILES string of the molecule is Clc1ccc(-c2ccccc2)nc1Br. The molecule has 0 N–H and O–H groups in total. The van der Waals surface area contributed by atoms with Crippen molar-refractivity contribution in [3.63, 3.8) is 0 Å². The summed E-state index contributed by atoms with van der Waals surface area (Å²) in [4.78, 5) is 4.33. The average Bonchev–Trinajstić information content (AvgIpc) is 2.23. The summed E-state index contributed by atoms with van der Waals surface area (Å²) in [6, 6.07) is 13.7. The van der Waals surface area contributed by atoms with E-state index in [-0.39, 0.29) is 0 Å². The van der Waals surface area contributed by atoms with Gasteiger partial charge in [-0.25, -0.2) is 4.98 Å². The lowest BCUT2D eigenvalue weighted by molar-refractivity contribution is 1.28. The summed E-state index contributed by atoms with van der Waals surface area (Å²) in [5.41, 5.74) is 2.01. The lowest BCUT2D eigenvalue weighted by Crippen LogP contribution is -1.84. The van der Waals surface area contributed by atoms with Crippen molar-refractivity contribution in [2.75, 3.05) is 0 Å². The smallest absolute Gasteiger partial charge is 0.125 e. The molecule has 0 unspecified atom stereocenters. The van der Waals surface area contributed by atoms with E-state index in [1.54, 1.807) is 0 Å². The molecule has 0 aliphatic carbocycles. The van der Waals surface area contributed by atoms with Gasteiger partial charge in [0.05, 0.1) is 10.7 Å². The van der Waals surface area contributed by atoms with E-state index in [9.17, 15) is 0 Å². The summed E-state index contributed by atoms with van der Waals surface area (Å²) in [7, 11) is 0. The van der Waals surface area contributed by atoms with Gasteiger partial charge in [0.25, 0.3) is 0 Å². The molecule has 1 aromatic carbocycles. The molecule has 0 amide bonds. The summed E-state index contributed by atoms with van der Waals surface area (Å²) < 4.78 is 0.681. The zero-order chi connectivity index (χ0) is 9.97. The molecule has 0 spiro atoms. The highest BCUT2D eigenvalue weighted by molar-refractivity contribution is 9.10. The van der Waals surface area contributed by atoms with Crippen molar-refractivity contribution in [3.05, 3.63) is 52.1 Å². The van der Waals surface area contributed by atoms with Crippen molar-refractivity contribution < 1.29 is 0 Å². The van der Waals surface area contributed by atoms with Gasteiger partial charge in [-0.15, -0.1) is 0 Å². The Morgan fingerprint density at radius 1 is 1.00 bits per heavy atom. The summed E-state index contributed by atoms with van der Waals surface area (Å²) in [5.74, 6) is 0. The average molecular weight is 269 g/mol. The third-order valence-corrected chi connectivity index (χ3v) is 3.01. The van der Waals surface area contributed by atoms with Gasteiger partial charge in [-0.1, -0.05) is 41.9 Å². The Morgan fingerprint density at radius 2 is 1.71 bits per heavy atom. The monoisotopic (exact) mass is 267 g/mol. The van der Waals surface area contributed by atoms with E-state index < -0.39 is 0 Å². The zero-order valence-corrected chi connectivity index (χ0v) is 9.59. The fraction of sp³-hybridized carbons (Fsp3) is 0. The highest BCUT2D eigenvalue weighted by Crippen LogP contribution is 2.24. The van der Waals surface area contributed by atoms with Gasteiger partial charge in [0.1, 0.15) is 4.60 Å². The molecule has 1 nitrogen and oxygen atoms in total. The van der Waals surface area contributed by atoms with Crippen molar-refractivity contribution >= 4 is 27.5 Å². The number of benzene rings is 1. The van der Waals surface area contributed by atoms with Crippen LogP contribution in [0.3, 0.4) is 0 Å². The predicted octanol–water partition coefficient (Wildman–Crippen LogP) is 4.16. The first-order chi connectivity index (χ1) is 6.77. The van der Waals surface area contributed by atoms with Crippen molar-refractivity contribution in [1.82, 2.24) is 4.98 Å². The maximum Gasteiger partial charge on any atom is 0.125 e. The van der Waals surface area contributed by atoms with E-state index in [2.05, 4.69) is 20.9 Å². The van der Waals surface area contributed by atoms with Gasteiger partial charge in [-0.05, 0) is 28.1 Å². The fourth-order valence-corrected chi connectivity index (χ4v) is 1.62. The van der Waals surface area contributed by atoms with E-state index >= 15 is 0 Å². The highest BCUT2D eigenvalue weighted by Gasteiger charge is 2.01. The molecule has 0 bridgehead atoms. The number of rotatable bonds is 1. The second-order valence-electron chi connectivity index (χ2n) is 2.84. The lowest BCUT2D eigenvalue weighted by Gasteiger charge is -2.01. The molecule has 14 heavy (non-hydrogen) atoms. The number of hydrogen-bond acceptors (Lipinski definition) is 1. The van der Waals surface area contributed by atoms with Gasteiger partial charge in [0.15, 0.2) is 0 Å². The van der Waals surface area contributed by atoms with Crippen molar-refractivity contribution in [1.29, 1.82) is 0 Å². The third kappa shape index (κ3) is 1.97. The fourth-order valence-electron chi connectivity index (χ4n) is 1.19. The van der Waals surface area contributed by atoms with E-state index in [1.807, 2.05) is 42.5 Å². The number of hydrogen-bond donors (Lipinski definition) is 0. The van der Waals surface area contributed by atoms with Gasteiger partial charge in [-0.3, -0.25) is 0 Å². The second kappa shape index (κ2) is 4.11. The molecule has 1 aromatic heterocycles. The Bertz CT molecular complexity index is 442. The molecule has 0 atom stereocenters. The summed E-state index contributed by atoms with van der Waals surface area (Å²) >= 11 is 9.16. The molecule has 0 saturated heterocycles. The Hall–Kier alpha value is -0.860. The maximum atomic E-state index is 5.86. The first-order valence-electron chi connectivity index (χ1n) is 4.15. The number of aromatic nitrogens is 1. The number of nitrogens with zero attached hydrogens (tertiary/aromatic N) is 1. The van der Waals surface area contributed by atoms with E-state index in [4.69, 9.17) is 11.6 Å². The summed E-state index contributed by atoms with van der Waals surface area (Å²) in [6.07, 6.45) is 0. The van der Waals surface area contributed by atoms with Crippen LogP contribution in [0.15, 0.2) is 47.1 Å². The molecule has 0 fully saturated rings. The topological polar surface area (TPSA) is 12.9 Å². The van der Waals surface area contributed by atoms with Crippen LogP contribution in [0.5, 0.6) is 0 Å². The van der Waals surface area contributed by atoms with Crippen LogP contribution in [0.2, 0.25) is 5.02 Å². The number of pyridine rings is 1. The molecule has 0 aliphatic heterocycles. The third-order valence-electron chi connectivity index (χ3n) is 1.87. The molecule has 3 heteroatoms. The van der Waals surface area contributed by atoms with Gasteiger partial charge in [-0.2, -0.15) is 0 Å². The minimum atomic E-state index is 0.629. The largest absolute Gasteiger partial charge is 0.239 e. The van der Waals surface area contributed by atoms with Crippen LogP contribution in [0, 0.1) is 0 Å². The second-order valence-corrected chi connectivity index (χ2v) is 3.99. The minimum Gasteiger partial charge on any atom is -0.239 e. The van der Waals surface area contributed by atoms with Gasteiger partial charge >= 0.3 is 0 Å². The Labute approximate surface area is 95.9 Å². The number of halogens is 2. The highest BCUT2D eigenvalue weighted by atomic mass is 79.9. The van der Waals surface area contributed by atoms with Crippen LogP contribution < -0.4 is 0 Å². The van der Waals surface area contributed by atoms with Crippen LogP contribution in [0.1, 0.15) is 0 Å². The Balaban J connectivity index is 2.48. The lowest BCUT2D eigenvalue weighted by atomic mass is 10.1. The molecule has 0 saturated carbocycles. The molecule has 0 aliphatic rings. The van der Waals surface area contributed by atoms with Crippen LogP contribution in [-0.2, 0) is 0 Å². The van der Waals surface area contributed by atoms with Crippen molar-refractivity contribution in [3.8, 4) is 11.3 Å². The first-order valence-corrected chi connectivity index (χ1v) is 5.32. The normalized spacial score (nSPS) is 10.1.